The van der Waals surface area contributed by atoms with Crippen LogP contribution in [0.3, 0.4) is 0 Å². The molecule has 2 rings (SSSR count). The maximum absolute atomic E-state index is 6.23. The summed E-state index contributed by atoms with van der Waals surface area (Å²) >= 11 is 0. The second-order valence-corrected chi connectivity index (χ2v) is 5.38. The first-order chi connectivity index (χ1) is 6.12. The molecule has 2 aliphatic carbocycles. The Kier molecular flexibility index (Phi) is 2.37. The molecule has 0 radical (unpaired) electrons. The Bertz CT molecular complexity index is 179. The predicted molar refractivity (Wildman–Crippen MR) is 55.3 cm³/mol. The van der Waals surface area contributed by atoms with Crippen molar-refractivity contribution in [3.05, 3.63) is 0 Å². The Hall–Kier alpha value is -0.0800. The Morgan fingerprint density at radius 1 is 1.08 bits per heavy atom. The van der Waals surface area contributed by atoms with Crippen molar-refractivity contribution >= 4 is 0 Å². The van der Waals surface area contributed by atoms with Gasteiger partial charge in [-0.15, -0.1) is 0 Å². The zero-order valence-electron chi connectivity index (χ0n) is 8.73. The van der Waals surface area contributed by atoms with Crippen LogP contribution in [0.5, 0.6) is 0 Å². The van der Waals surface area contributed by atoms with Gasteiger partial charge in [0.15, 0.2) is 0 Å². The normalized spacial score (nSPS) is 30.0. The molecule has 0 aromatic carbocycles. The van der Waals surface area contributed by atoms with Crippen molar-refractivity contribution in [1.29, 1.82) is 0 Å². The predicted octanol–water partition coefficient (Wildman–Crippen LogP) is 2.00. The van der Waals surface area contributed by atoms with Crippen LogP contribution >= 0.6 is 0 Å². The van der Waals surface area contributed by atoms with Crippen LogP contribution < -0.4 is 11.1 Å². The van der Waals surface area contributed by atoms with Gasteiger partial charge in [0.1, 0.15) is 0 Å². The largest absolute Gasteiger partial charge is 0.313 e. The summed E-state index contributed by atoms with van der Waals surface area (Å²) in [5, 5.41) is 3.58. The molecule has 0 amide bonds. The minimum atomic E-state index is -0.0153. The van der Waals surface area contributed by atoms with E-state index >= 15 is 0 Å². The molecular weight excluding hydrogens is 160 g/mol. The number of hydrogen-bond acceptors (Lipinski definition) is 2. The topological polar surface area (TPSA) is 38.0 Å². The van der Waals surface area contributed by atoms with Crippen LogP contribution in [0.2, 0.25) is 0 Å². The molecule has 3 N–H and O–H groups in total. The van der Waals surface area contributed by atoms with E-state index in [0.29, 0.717) is 5.41 Å². The first-order valence-corrected chi connectivity index (χ1v) is 5.66. The van der Waals surface area contributed by atoms with Gasteiger partial charge >= 0.3 is 0 Å². The van der Waals surface area contributed by atoms with E-state index in [1.807, 2.05) is 0 Å². The lowest BCUT2D eigenvalue weighted by Gasteiger charge is -2.41. The van der Waals surface area contributed by atoms with Gasteiger partial charge in [-0.25, -0.2) is 0 Å². The fourth-order valence-electron chi connectivity index (χ4n) is 2.53. The number of nitrogens with two attached hydrogens (primary N) is 1. The summed E-state index contributed by atoms with van der Waals surface area (Å²) in [6, 6.07) is 0. The van der Waals surface area contributed by atoms with Crippen LogP contribution in [0.25, 0.3) is 0 Å². The van der Waals surface area contributed by atoms with E-state index < -0.39 is 0 Å². The fraction of sp³-hybridized carbons (Fsp3) is 1.00. The van der Waals surface area contributed by atoms with Crippen molar-refractivity contribution in [2.45, 2.75) is 57.5 Å². The summed E-state index contributed by atoms with van der Waals surface area (Å²) in [5.41, 5.74) is 6.78. The third kappa shape index (κ3) is 2.05. The van der Waals surface area contributed by atoms with Crippen LogP contribution in [0.4, 0.5) is 0 Å². The monoisotopic (exact) mass is 182 g/mol. The van der Waals surface area contributed by atoms with Crippen molar-refractivity contribution in [1.82, 2.24) is 5.32 Å². The molecule has 0 spiro atoms. The van der Waals surface area contributed by atoms with Gasteiger partial charge in [0.05, 0.1) is 5.66 Å². The van der Waals surface area contributed by atoms with E-state index in [1.54, 1.807) is 0 Å². The lowest BCUT2D eigenvalue weighted by molar-refractivity contribution is 0.135. The first kappa shape index (κ1) is 9.47. The molecule has 2 aliphatic rings. The van der Waals surface area contributed by atoms with Crippen LogP contribution in [0.1, 0.15) is 51.9 Å². The summed E-state index contributed by atoms with van der Waals surface area (Å²) in [6.45, 7) is 3.51. The minimum absolute atomic E-state index is 0.0153. The molecule has 2 nitrogen and oxygen atoms in total. The highest BCUT2D eigenvalue weighted by atomic mass is 15.1. The van der Waals surface area contributed by atoms with Crippen molar-refractivity contribution < 1.29 is 0 Å². The molecule has 0 aromatic rings. The second kappa shape index (κ2) is 3.25. The SMILES string of the molecule is CC1(CNC2(N)CCCC2)CCC1. The Labute approximate surface area is 81.3 Å². The van der Waals surface area contributed by atoms with E-state index in [9.17, 15) is 0 Å². The quantitative estimate of drug-likeness (QED) is 0.655. The summed E-state index contributed by atoms with van der Waals surface area (Å²) in [6.07, 6.45) is 9.13. The molecule has 76 valence electrons. The van der Waals surface area contributed by atoms with Crippen molar-refractivity contribution in [3.8, 4) is 0 Å². The van der Waals surface area contributed by atoms with E-state index in [0.717, 1.165) is 6.54 Å². The molecule has 0 aromatic heterocycles. The molecule has 0 unspecified atom stereocenters. The maximum atomic E-state index is 6.23. The molecule has 0 bridgehead atoms. The third-order valence-electron chi connectivity index (χ3n) is 3.92. The lowest BCUT2D eigenvalue weighted by Crippen LogP contribution is -2.55. The Morgan fingerprint density at radius 2 is 1.69 bits per heavy atom. The highest BCUT2D eigenvalue weighted by Gasteiger charge is 2.35. The van der Waals surface area contributed by atoms with Gasteiger partial charge in [-0.1, -0.05) is 26.2 Å². The van der Waals surface area contributed by atoms with E-state index in [4.69, 9.17) is 5.73 Å². The van der Waals surface area contributed by atoms with Gasteiger partial charge in [0, 0.05) is 6.54 Å². The number of hydrogen-bond donors (Lipinski definition) is 2. The molecule has 13 heavy (non-hydrogen) atoms. The van der Waals surface area contributed by atoms with Crippen LogP contribution in [0.15, 0.2) is 0 Å². The van der Waals surface area contributed by atoms with Crippen LogP contribution in [0, 0.1) is 5.41 Å². The maximum Gasteiger partial charge on any atom is 0.0662 e. The first-order valence-electron chi connectivity index (χ1n) is 5.66. The van der Waals surface area contributed by atoms with Gasteiger partial charge in [0.2, 0.25) is 0 Å². The summed E-state index contributed by atoms with van der Waals surface area (Å²) in [7, 11) is 0. The van der Waals surface area contributed by atoms with Gasteiger partial charge < -0.3 is 5.73 Å². The third-order valence-corrected chi connectivity index (χ3v) is 3.92. The molecular formula is C11H22N2. The average Bonchev–Trinajstić information content (AvgIpc) is 2.46. The molecule has 0 aliphatic heterocycles. The molecule has 2 fully saturated rings. The summed E-state index contributed by atoms with van der Waals surface area (Å²) in [4.78, 5) is 0. The summed E-state index contributed by atoms with van der Waals surface area (Å²) in [5.74, 6) is 0. The Morgan fingerprint density at radius 3 is 2.15 bits per heavy atom. The Balaban J connectivity index is 1.77. The van der Waals surface area contributed by atoms with Gasteiger partial charge in [-0.3, -0.25) is 5.32 Å². The molecule has 0 atom stereocenters. The fourth-order valence-corrected chi connectivity index (χ4v) is 2.53. The molecule has 2 saturated carbocycles. The van der Waals surface area contributed by atoms with E-state index in [1.165, 1.54) is 44.9 Å². The van der Waals surface area contributed by atoms with Gasteiger partial charge in [0.25, 0.3) is 0 Å². The number of nitrogens with one attached hydrogen (secondary N) is 1. The minimum Gasteiger partial charge on any atom is -0.313 e. The summed E-state index contributed by atoms with van der Waals surface area (Å²) < 4.78 is 0. The van der Waals surface area contributed by atoms with Crippen LogP contribution in [-0.2, 0) is 0 Å². The van der Waals surface area contributed by atoms with Gasteiger partial charge in [-0.2, -0.15) is 0 Å². The highest BCUT2D eigenvalue weighted by Crippen LogP contribution is 2.40. The zero-order valence-corrected chi connectivity index (χ0v) is 8.73. The van der Waals surface area contributed by atoms with E-state index in [2.05, 4.69) is 12.2 Å². The lowest BCUT2D eigenvalue weighted by atomic mass is 9.70. The second-order valence-electron chi connectivity index (χ2n) is 5.38. The average molecular weight is 182 g/mol. The standard InChI is InChI=1S/C11H22N2/c1-10(5-4-6-10)9-13-11(12)7-2-3-8-11/h13H,2-9,12H2,1H3. The molecule has 0 heterocycles. The van der Waals surface area contributed by atoms with Crippen molar-refractivity contribution in [2.24, 2.45) is 11.1 Å². The van der Waals surface area contributed by atoms with Crippen molar-refractivity contribution in [2.75, 3.05) is 6.54 Å². The smallest absolute Gasteiger partial charge is 0.0662 e. The highest BCUT2D eigenvalue weighted by molar-refractivity contribution is 4.92. The number of rotatable bonds is 3. The zero-order chi connectivity index (χ0) is 9.36. The van der Waals surface area contributed by atoms with Crippen LogP contribution in [-0.4, -0.2) is 12.2 Å². The van der Waals surface area contributed by atoms with Gasteiger partial charge in [-0.05, 0) is 31.1 Å². The van der Waals surface area contributed by atoms with E-state index in [-0.39, 0.29) is 5.66 Å². The molecule has 2 heteroatoms. The van der Waals surface area contributed by atoms with Crippen molar-refractivity contribution in [3.63, 3.8) is 0 Å². The molecule has 0 saturated heterocycles.